The molecule has 0 spiro atoms. The van der Waals surface area contributed by atoms with E-state index in [1.54, 1.807) is 0 Å². The van der Waals surface area contributed by atoms with Crippen LogP contribution in [0.25, 0.3) is 0 Å². The largest absolute Gasteiger partial charge is 0.472 e. The zero-order chi connectivity index (χ0) is 74.6. The molecule has 0 aromatic rings. The van der Waals surface area contributed by atoms with Gasteiger partial charge < -0.3 is 33.8 Å². The molecule has 0 aromatic carbocycles. The van der Waals surface area contributed by atoms with Crippen LogP contribution in [-0.4, -0.2) is 96.7 Å². The molecule has 5 atom stereocenters. The molecule has 0 aromatic heterocycles. The number of hydrogen-bond acceptors (Lipinski definition) is 15. The molecule has 594 valence electrons. The highest BCUT2D eigenvalue weighted by atomic mass is 31.2. The summed E-state index contributed by atoms with van der Waals surface area (Å²) in [5.74, 6) is -2.23. The Labute approximate surface area is 622 Å². The Morgan fingerprint density at radius 1 is 0.275 bits per heavy atom. The highest BCUT2D eigenvalue weighted by Gasteiger charge is 2.30. The summed E-state index contributed by atoms with van der Waals surface area (Å²) in [5.41, 5.74) is 0. The van der Waals surface area contributed by atoms with Crippen molar-refractivity contribution < 1.29 is 80.2 Å². The van der Waals surface area contributed by atoms with Gasteiger partial charge >= 0.3 is 39.5 Å². The minimum atomic E-state index is -4.99. The Bertz CT molecular complexity index is 2210. The van der Waals surface area contributed by atoms with Crippen molar-refractivity contribution in [2.45, 2.75) is 393 Å². The molecule has 0 amide bonds. The summed E-state index contributed by atoms with van der Waals surface area (Å²) in [6.45, 7) is 4.83. The molecule has 0 radical (unpaired) electrons. The van der Waals surface area contributed by atoms with Crippen molar-refractivity contribution in [1.82, 2.24) is 0 Å². The number of aliphatic hydroxyl groups excluding tert-OH is 1. The van der Waals surface area contributed by atoms with Gasteiger partial charge in [-0.25, -0.2) is 9.13 Å². The second-order valence-electron chi connectivity index (χ2n) is 27.7. The summed E-state index contributed by atoms with van der Waals surface area (Å²) >= 11 is 0. The summed E-state index contributed by atoms with van der Waals surface area (Å²) in [7, 11) is -9.97. The maximum atomic E-state index is 13.1. The lowest BCUT2D eigenvalue weighted by Gasteiger charge is -2.21. The predicted octanol–water partition coefficient (Wildman–Crippen LogP) is 24.0. The molecule has 2 unspecified atom stereocenters. The lowest BCUT2D eigenvalue weighted by Crippen LogP contribution is -2.30. The first-order valence-corrected chi connectivity index (χ1v) is 44.2. The van der Waals surface area contributed by atoms with E-state index in [1.807, 2.05) is 12.2 Å². The van der Waals surface area contributed by atoms with E-state index in [2.05, 4.69) is 88.5 Å². The Morgan fingerprint density at radius 3 is 0.804 bits per heavy atom. The number of rotatable bonds is 78. The number of unbranched alkanes of at least 4 members (excludes halogenated alkanes) is 40. The van der Waals surface area contributed by atoms with Gasteiger partial charge in [-0.15, -0.1) is 0 Å². The van der Waals surface area contributed by atoms with Gasteiger partial charge in [0.1, 0.15) is 19.3 Å². The standard InChI is InChI=1S/C83H150O17P2/c1-5-9-13-17-21-25-29-33-37-38-42-46-50-54-58-62-66-70-83(88)100-79(74-94-81(86)68-64-60-56-52-48-44-40-35-31-27-23-19-15-11-7-3)76-98-102(91,92)96-72-77(84)71-95-101(89,90)97-75-78(99-82(87)69-65-61-57-53-49-45-41-36-32-28-24-20-16-12-8-4)73-93-80(85)67-63-59-55-51-47-43-39-34-30-26-22-18-14-10-6-2/h21,25,33,35-37,40-42,46,54,58,77-79,84H,5-20,22-24,26-32,34,38-39,43-45,47-53,55-57,59-76H2,1-4H3,(H,89,90)(H,91,92)/b25-21-,37-33-,40-35-,41-36-,46-42-,58-54-/t77-,78+,79+/m0/s1. The van der Waals surface area contributed by atoms with Gasteiger partial charge in [0.25, 0.3) is 0 Å². The van der Waals surface area contributed by atoms with Gasteiger partial charge in [-0.3, -0.25) is 37.3 Å². The van der Waals surface area contributed by atoms with Crippen molar-refractivity contribution in [2.24, 2.45) is 0 Å². The SMILES string of the molecule is CCCCC/C=C\C/C=C\C/C=C\C/C=C\CCCC(=O)O[C@H](COC(=O)CCCCCCC/C=C\CCCCCCCC)COP(=O)(O)OC[C@@H](O)COP(=O)(O)OC[C@@H](COC(=O)CCCCCCCCCCCCCCCCC)OC(=O)CCCCCCC/C=C\CCCCCCCC. The fourth-order valence-corrected chi connectivity index (χ4v) is 12.9. The molecule has 0 fully saturated rings. The van der Waals surface area contributed by atoms with Crippen LogP contribution in [0.5, 0.6) is 0 Å². The number of allylic oxidation sites excluding steroid dienone is 12. The van der Waals surface area contributed by atoms with E-state index in [9.17, 15) is 43.2 Å². The lowest BCUT2D eigenvalue weighted by atomic mass is 10.0. The maximum Gasteiger partial charge on any atom is 0.472 e. The van der Waals surface area contributed by atoms with Crippen molar-refractivity contribution >= 4 is 39.5 Å². The molecular weight excluding hydrogens is 1330 g/mol. The number of carbonyl (C=O) groups excluding carboxylic acids is 4. The van der Waals surface area contributed by atoms with Gasteiger partial charge in [0.05, 0.1) is 26.4 Å². The van der Waals surface area contributed by atoms with E-state index in [0.717, 1.165) is 122 Å². The third kappa shape index (κ3) is 74.8. The average Bonchev–Trinajstić information content (AvgIpc) is 0.917. The van der Waals surface area contributed by atoms with Gasteiger partial charge in [0.15, 0.2) is 12.2 Å². The zero-order valence-corrected chi connectivity index (χ0v) is 66.8. The quantitative estimate of drug-likeness (QED) is 0.0169. The first-order valence-electron chi connectivity index (χ1n) is 41.2. The minimum Gasteiger partial charge on any atom is -0.462 e. The summed E-state index contributed by atoms with van der Waals surface area (Å²) in [5, 5.41) is 10.6. The van der Waals surface area contributed by atoms with Gasteiger partial charge in [0.2, 0.25) is 0 Å². The molecule has 0 aliphatic heterocycles. The molecule has 0 saturated heterocycles. The summed E-state index contributed by atoms with van der Waals surface area (Å²) in [6, 6.07) is 0. The van der Waals surface area contributed by atoms with Crippen LogP contribution in [0.1, 0.15) is 374 Å². The van der Waals surface area contributed by atoms with E-state index in [4.69, 9.17) is 37.0 Å². The zero-order valence-electron chi connectivity index (χ0n) is 65.0. The van der Waals surface area contributed by atoms with E-state index < -0.39 is 97.5 Å². The summed E-state index contributed by atoms with van der Waals surface area (Å²) in [4.78, 5) is 73.0. The summed E-state index contributed by atoms with van der Waals surface area (Å²) in [6.07, 6.45) is 77.4. The fourth-order valence-electron chi connectivity index (χ4n) is 11.3. The van der Waals surface area contributed by atoms with Crippen LogP contribution >= 0.6 is 15.6 Å². The van der Waals surface area contributed by atoms with E-state index >= 15 is 0 Å². The molecule has 0 saturated carbocycles. The topological polar surface area (TPSA) is 237 Å². The third-order valence-electron chi connectivity index (χ3n) is 17.6. The van der Waals surface area contributed by atoms with Crippen LogP contribution in [0.4, 0.5) is 0 Å². The first kappa shape index (κ1) is 98.5. The second-order valence-corrected chi connectivity index (χ2v) is 30.6. The highest BCUT2D eigenvalue weighted by molar-refractivity contribution is 7.47. The number of phosphoric ester groups is 2. The van der Waals surface area contributed by atoms with Crippen LogP contribution in [0.3, 0.4) is 0 Å². The Balaban J connectivity index is 5.39. The van der Waals surface area contributed by atoms with E-state index in [-0.39, 0.29) is 25.7 Å². The first-order chi connectivity index (χ1) is 49.7. The number of hydrogen-bond donors (Lipinski definition) is 3. The normalized spacial score (nSPS) is 14.2. The van der Waals surface area contributed by atoms with Crippen molar-refractivity contribution in [3.8, 4) is 0 Å². The monoisotopic (exact) mass is 1480 g/mol. The van der Waals surface area contributed by atoms with Crippen molar-refractivity contribution in [3.63, 3.8) is 0 Å². The fraction of sp³-hybridized carbons (Fsp3) is 0.807. The smallest absolute Gasteiger partial charge is 0.462 e. The Kier molecular flexibility index (Phi) is 73.1. The third-order valence-corrected chi connectivity index (χ3v) is 19.5. The van der Waals surface area contributed by atoms with E-state index in [0.29, 0.717) is 32.1 Å². The van der Waals surface area contributed by atoms with Crippen LogP contribution in [0.2, 0.25) is 0 Å². The van der Waals surface area contributed by atoms with Gasteiger partial charge in [-0.1, -0.05) is 306 Å². The highest BCUT2D eigenvalue weighted by Crippen LogP contribution is 2.45. The number of aliphatic hydroxyl groups is 1. The van der Waals surface area contributed by atoms with Gasteiger partial charge in [-0.05, 0) is 116 Å². The molecular formula is C83H150O17P2. The van der Waals surface area contributed by atoms with Gasteiger partial charge in [-0.2, -0.15) is 0 Å². The Morgan fingerprint density at radius 2 is 0.490 bits per heavy atom. The van der Waals surface area contributed by atoms with Crippen LogP contribution in [0.15, 0.2) is 72.9 Å². The van der Waals surface area contributed by atoms with Crippen molar-refractivity contribution in [3.05, 3.63) is 72.9 Å². The number of carbonyl (C=O) groups is 4. The molecule has 0 aliphatic carbocycles. The lowest BCUT2D eigenvalue weighted by molar-refractivity contribution is -0.161. The molecule has 0 aliphatic rings. The Hall–Kier alpha value is -3.50. The molecule has 0 heterocycles. The second kappa shape index (κ2) is 75.7. The molecule has 3 N–H and O–H groups in total. The average molecular weight is 1480 g/mol. The molecule has 0 rings (SSSR count). The molecule has 102 heavy (non-hydrogen) atoms. The predicted molar refractivity (Wildman–Crippen MR) is 418 cm³/mol. The number of ether oxygens (including phenoxy) is 4. The number of phosphoric acid groups is 2. The maximum absolute atomic E-state index is 13.1. The minimum absolute atomic E-state index is 0.0202. The van der Waals surface area contributed by atoms with Crippen LogP contribution in [-0.2, 0) is 65.4 Å². The van der Waals surface area contributed by atoms with E-state index in [1.165, 1.54) is 167 Å². The van der Waals surface area contributed by atoms with Crippen molar-refractivity contribution in [1.29, 1.82) is 0 Å². The summed E-state index contributed by atoms with van der Waals surface area (Å²) < 4.78 is 68.6. The molecule has 0 bridgehead atoms. The molecule has 19 heteroatoms. The van der Waals surface area contributed by atoms with Crippen LogP contribution in [0, 0.1) is 0 Å². The number of esters is 4. The van der Waals surface area contributed by atoms with Crippen molar-refractivity contribution in [2.75, 3.05) is 39.6 Å². The van der Waals surface area contributed by atoms with Crippen LogP contribution < -0.4 is 0 Å². The van der Waals surface area contributed by atoms with Gasteiger partial charge in [0, 0.05) is 25.7 Å². The molecule has 17 nitrogen and oxygen atoms in total.